The molecule has 1 aliphatic heterocycles. The molecule has 0 radical (unpaired) electrons. The summed E-state index contributed by atoms with van der Waals surface area (Å²) in [5.41, 5.74) is 2.18. The normalized spacial score (nSPS) is 16.0. The van der Waals surface area contributed by atoms with Gasteiger partial charge in [0.15, 0.2) is 6.10 Å². The van der Waals surface area contributed by atoms with Crippen LogP contribution >= 0.6 is 0 Å². The van der Waals surface area contributed by atoms with E-state index in [9.17, 15) is 17.6 Å². The van der Waals surface area contributed by atoms with Crippen LogP contribution < -0.4 is 9.46 Å². The summed E-state index contributed by atoms with van der Waals surface area (Å²) in [5, 5.41) is 3.89. The minimum Gasteiger partial charge on any atom is -0.480 e. The third kappa shape index (κ3) is 3.86. The molecule has 29 heavy (non-hydrogen) atoms. The second kappa shape index (κ2) is 7.32. The molecule has 1 aromatic heterocycles. The molecule has 0 saturated carbocycles. The van der Waals surface area contributed by atoms with Crippen molar-refractivity contribution >= 4 is 15.9 Å². The number of para-hydroxylation sites is 1. The van der Waals surface area contributed by atoms with Crippen LogP contribution in [0.1, 0.15) is 17.5 Å². The zero-order valence-corrected chi connectivity index (χ0v) is 16.3. The molecular formula is C20H18FN3O4S. The van der Waals surface area contributed by atoms with Gasteiger partial charge in [-0.3, -0.25) is 4.79 Å². The lowest BCUT2D eigenvalue weighted by Crippen LogP contribution is -2.43. The smallest absolute Gasteiger partial charge is 0.274 e. The maximum absolute atomic E-state index is 13.9. The predicted molar refractivity (Wildman–Crippen MR) is 103 cm³/mol. The number of carbonyl (C=O) groups excluding carboxylic acids is 1. The number of aromatic nitrogens is 2. The van der Waals surface area contributed by atoms with E-state index in [1.165, 1.54) is 18.2 Å². The minimum absolute atomic E-state index is 0.0998. The molecule has 2 aromatic carbocycles. The van der Waals surface area contributed by atoms with Gasteiger partial charge in [0.1, 0.15) is 22.1 Å². The second-order valence-electron chi connectivity index (χ2n) is 6.80. The summed E-state index contributed by atoms with van der Waals surface area (Å²) in [4.78, 5) is 12.2. The third-order valence-electron chi connectivity index (χ3n) is 4.66. The highest BCUT2D eigenvalue weighted by atomic mass is 32.2. The Morgan fingerprint density at radius 1 is 1.28 bits per heavy atom. The number of rotatable bonds is 4. The highest BCUT2D eigenvalue weighted by molar-refractivity contribution is 7.90. The van der Waals surface area contributed by atoms with Gasteiger partial charge in [-0.2, -0.15) is 5.10 Å². The van der Waals surface area contributed by atoms with Crippen LogP contribution in [0.15, 0.2) is 59.8 Å². The molecule has 9 heteroatoms. The SMILES string of the molecule is Cc1ccc2c(c1)CCC(C(=O)NS(=O)(=O)c1cnn(-c3ccccc3F)c1)O2. The Labute approximate surface area is 167 Å². The van der Waals surface area contributed by atoms with Gasteiger partial charge in [-0.15, -0.1) is 0 Å². The first-order valence-corrected chi connectivity index (χ1v) is 10.4. The first-order valence-electron chi connectivity index (χ1n) is 8.96. The topological polar surface area (TPSA) is 90.3 Å². The molecule has 0 saturated heterocycles. The Morgan fingerprint density at radius 2 is 2.07 bits per heavy atom. The zero-order chi connectivity index (χ0) is 20.6. The fourth-order valence-electron chi connectivity index (χ4n) is 3.17. The minimum atomic E-state index is -4.18. The van der Waals surface area contributed by atoms with Crippen LogP contribution in [0.25, 0.3) is 5.69 Å². The maximum Gasteiger partial charge on any atom is 0.274 e. The summed E-state index contributed by atoms with van der Waals surface area (Å²) < 4.78 is 47.8. The van der Waals surface area contributed by atoms with E-state index in [1.807, 2.05) is 23.8 Å². The summed E-state index contributed by atoms with van der Waals surface area (Å²) in [7, 11) is -4.18. The standard InChI is InChI=1S/C20H18FN3O4S/c1-13-6-8-18-14(10-13)7-9-19(28-18)20(25)23-29(26,27)15-11-22-24(12-15)17-5-3-2-4-16(17)21/h2-6,8,10-12,19H,7,9H2,1H3,(H,23,25). The highest BCUT2D eigenvalue weighted by Gasteiger charge is 2.30. The molecule has 1 amide bonds. The third-order valence-corrected chi connectivity index (χ3v) is 5.96. The van der Waals surface area contributed by atoms with Crippen molar-refractivity contribution in [2.24, 2.45) is 0 Å². The molecule has 0 aliphatic carbocycles. The van der Waals surface area contributed by atoms with Crippen molar-refractivity contribution in [2.75, 3.05) is 0 Å². The predicted octanol–water partition coefficient (Wildman–Crippen LogP) is 2.52. The van der Waals surface area contributed by atoms with Crippen LogP contribution in [0.3, 0.4) is 0 Å². The van der Waals surface area contributed by atoms with E-state index >= 15 is 0 Å². The van der Waals surface area contributed by atoms with Crippen molar-refractivity contribution in [1.29, 1.82) is 0 Å². The summed E-state index contributed by atoms with van der Waals surface area (Å²) >= 11 is 0. The Morgan fingerprint density at radius 3 is 2.86 bits per heavy atom. The number of ether oxygens (including phenoxy) is 1. The van der Waals surface area contributed by atoms with Crippen LogP contribution in [0, 0.1) is 12.7 Å². The van der Waals surface area contributed by atoms with Crippen LogP contribution in [-0.4, -0.2) is 30.2 Å². The van der Waals surface area contributed by atoms with Crippen molar-refractivity contribution in [3.8, 4) is 11.4 Å². The molecule has 4 rings (SSSR count). The van der Waals surface area contributed by atoms with E-state index < -0.39 is 27.9 Å². The zero-order valence-electron chi connectivity index (χ0n) is 15.5. The molecule has 0 bridgehead atoms. The van der Waals surface area contributed by atoms with Gasteiger partial charge < -0.3 is 4.74 Å². The Balaban J connectivity index is 1.50. The molecule has 1 N–H and O–H groups in total. The van der Waals surface area contributed by atoms with Gasteiger partial charge in [0.2, 0.25) is 0 Å². The van der Waals surface area contributed by atoms with Crippen molar-refractivity contribution in [3.05, 3.63) is 71.8 Å². The van der Waals surface area contributed by atoms with Crippen LogP contribution in [0.2, 0.25) is 0 Å². The van der Waals surface area contributed by atoms with Crippen molar-refractivity contribution < 1.29 is 22.3 Å². The van der Waals surface area contributed by atoms with E-state index in [-0.39, 0.29) is 10.6 Å². The quantitative estimate of drug-likeness (QED) is 0.707. The van der Waals surface area contributed by atoms with Gasteiger partial charge in [-0.1, -0.05) is 29.8 Å². The van der Waals surface area contributed by atoms with Crippen LogP contribution in [0.4, 0.5) is 4.39 Å². The highest BCUT2D eigenvalue weighted by Crippen LogP contribution is 2.28. The lowest BCUT2D eigenvalue weighted by molar-refractivity contribution is -0.126. The summed E-state index contributed by atoms with van der Waals surface area (Å²) in [6.07, 6.45) is 2.27. The summed E-state index contributed by atoms with van der Waals surface area (Å²) in [6.45, 7) is 1.97. The molecule has 150 valence electrons. The lowest BCUT2D eigenvalue weighted by atomic mass is 10.0. The Hall–Kier alpha value is -3.20. The first-order chi connectivity index (χ1) is 13.8. The molecule has 3 aromatic rings. The van der Waals surface area contributed by atoms with Gasteiger partial charge in [-0.05, 0) is 43.5 Å². The fourth-order valence-corrected chi connectivity index (χ4v) is 4.11. The molecule has 1 atom stereocenters. The van der Waals surface area contributed by atoms with Crippen molar-refractivity contribution in [2.45, 2.75) is 30.8 Å². The number of carbonyl (C=O) groups is 1. The molecule has 7 nitrogen and oxygen atoms in total. The van der Waals surface area contributed by atoms with Gasteiger partial charge in [-0.25, -0.2) is 22.2 Å². The summed E-state index contributed by atoms with van der Waals surface area (Å²) in [6, 6.07) is 11.5. The first kappa shape index (κ1) is 19.1. The Bertz CT molecular complexity index is 1190. The van der Waals surface area contributed by atoms with Gasteiger partial charge in [0.25, 0.3) is 15.9 Å². The molecule has 2 heterocycles. The number of nitrogens with zero attached hydrogens (tertiary/aromatic N) is 2. The largest absolute Gasteiger partial charge is 0.480 e. The number of halogens is 1. The van der Waals surface area contributed by atoms with E-state index in [0.717, 1.165) is 28.2 Å². The number of hydrogen-bond donors (Lipinski definition) is 1. The maximum atomic E-state index is 13.9. The second-order valence-corrected chi connectivity index (χ2v) is 8.48. The van der Waals surface area contributed by atoms with Crippen molar-refractivity contribution in [3.63, 3.8) is 0 Å². The average Bonchev–Trinajstić information content (AvgIpc) is 3.18. The van der Waals surface area contributed by atoms with E-state index in [2.05, 4.69) is 5.10 Å². The van der Waals surface area contributed by atoms with E-state index in [0.29, 0.717) is 18.6 Å². The molecule has 0 fully saturated rings. The van der Waals surface area contributed by atoms with Crippen molar-refractivity contribution in [1.82, 2.24) is 14.5 Å². The van der Waals surface area contributed by atoms with Crippen LogP contribution in [0.5, 0.6) is 5.75 Å². The number of hydrogen-bond acceptors (Lipinski definition) is 5. The lowest BCUT2D eigenvalue weighted by Gasteiger charge is -2.25. The monoisotopic (exact) mass is 415 g/mol. The molecular weight excluding hydrogens is 397 g/mol. The van der Waals surface area contributed by atoms with E-state index in [1.54, 1.807) is 12.1 Å². The summed E-state index contributed by atoms with van der Waals surface area (Å²) in [5.74, 6) is -0.727. The number of aryl methyl sites for hydroxylation is 2. The number of fused-ring (bicyclic) bond motifs is 1. The Kier molecular flexibility index (Phi) is 4.83. The van der Waals surface area contributed by atoms with Gasteiger partial charge in [0, 0.05) is 0 Å². The van der Waals surface area contributed by atoms with Gasteiger partial charge >= 0.3 is 0 Å². The number of amides is 1. The number of benzene rings is 2. The molecule has 0 spiro atoms. The number of nitrogens with one attached hydrogen (secondary N) is 1. The van der Waals surface area contributed by atoms with Crippen LogP contribution in [-0.2, 0) is 21.2 Å². The molecule has 1 aliphatic rings. The number of sulfonamides is 1. The van der Waals surface area contributed by atoms with Gasteiger partial charge in [0.05, 0.1) is 12.4 Å². The molecule has 1 unspecified atom stereocenters. The average molecular weight is 415 g/mol. The van der Waals surface area contributed by atoms with E-state index in [4.69, 9.17) is 4.74 Å². The fraction of sp³-hybridized carbons (Fsp3) is 0.200.